The van der Waals surface area contributed by atoms with Crippen molar-refractivity contribution in [3.8, 4) is 0 Å². The lowest BCUT2D eigenvalue weighted by Gasteiger charge is -2.37. The molecule has 0 atom stereocenters. The zero-order valence-electron chi connectivity index (χ0n) is 18.6. The van der Waals surface area contributed by atoms with Gasteiger partial charge in [0.05, 0.1) is 17.3 Å². The number of nitrogens with one attached hydrogen (secondary N) is 2. The first kappa shape index (κ1) is 25.7. The van der Waals surface area contributed by atoms with E-state index in [1.54, 1.807) is 43.3 Å². The van der Waals surface area contributed by atoms with Crippen LogP contribution in [-0.2, 0) is 14.8 Å². The number of fused-ring (bicyclic) bond motifs is 1. The first-order chi connectivity index (χ1) is 15.2. The topological polar surface area (TPSA) is 93.6 Å². The van der Waals surface area contributed by atoms with Crippen LogP contribution in [0.4, 0.5) is 0 Å². The molecule has 1 saturated carbocycles. The molecule has 2 aliphatic rings. The SMILES string of the molecule is CC(=N)NC1CCC(CN2CCN(S(=O)(=O)c3ccc4cc(Cl)ccc4c3)CC2=O)CC1.Cl. The van der Waals surface area contributed by atoms with Gasteiger partial charge in [-0.25, -0.2) is 8.42 Å². The Labute approximate surface area is 206 Å². The van der Waals surface area contributed by atoms with Crippen molar-refractivity contribution in [1.82, 2.24) is 14.5 Å². The van der Waals surface area contributed by atoms with Crippen LogP contribution in [0.15, 0.2) is 41.3 Å². The zero-order valence-corrected chi connectivity index (χ0v) is 21.0. The Balaban J connectivity index is 0.00000306. The molecule has 2 aromatic rings. The van der Waals surface area contributed by atoms with Gasteiger partial charge in [0.15, 0.2) is 0 Å². The number of amidine groups is 1. The monoisotopic (exact) mass is 512 g/mol. The predicted molar refractivity (Wildman–Crippen MR) is 134 cm³/mol. The van der Waals surface area contributed by atoms with Crippen LogP contribution in [0.1, 0.15) is 32.6 Å². The van der Waals surface area contributed by atoms with Gasteiger partial charge in [0.1, 0.15) is 0 Å². The smallest absolute Gasteiger partial charge is 0.243 e. The molecule has 2 fully saturated rings. The first-order valence-corrected chi connectivity index (χ1v) is 12.8. The lowest BCUT2D eigenvalue weighted by Crippen LogP contribution is -2.53. The molecule has 2 N–H and O–H groups in total. The highest BCUT2D eigenvalue weighted by molar-refractivity contribution is 7.89. The summed E-state index contributed by atoms with van der Waals surface area (Å²) in [5.74, 6) is 0.789. The maximum atomic E-state index is 13.2. The number of sulfonamides is 1. The molecule has 0 unspecified atom stereocenters. The fraction of sp³-hybridized carbons (Fsp3) is 0.478. The van der Waals surface area contributed by atoms with Crippen molar-refractivity contribution >= 4 is 56.5 Å². The molecule has 4 rings (SSSR count). The van der Waals surface area contributed by atoms with Crippen molar-refractivity contribution in [3.05, 3.63) is 41.4 Å². The first-order valence-electron chi connectivity index (χ1n) is 11.0. The second-order valence-corrected chi connectivity index (χ2v) is 11.2. The number of rotatable bonds is 5. The minimum atomic E-state index is -3.75. The van der Waals surface area contributed by atoms with E-state index < -0.39 is 10.0 Å². The molecule has 1 aliphatic heterocycles. The van der Waals surface area contributed by atoms with Gasteiger partial charge < -0.3 is 10.2 Å². The molecular weight excluding hydrogens is 483 g/mol. The second-order valence-electron chi connectivity index (χ2n) is 8.82. The normalized spacial score (nSPS) is 22.1. The van der Waals surface area contributed by atoms with Gasteiger partial charge in [0.25, 0.3) is 0 Å². The van der Waals surface area contributed by atoms with Crippen LogP contribution in [0.2, 0.25) is 5.02 Å². The van der Waals surface area contributed by atoms with Gasteiger partial charge >= 0.3 is 0 Å². The van der Waals surface area contributed by atoms with Gasteiger partial charge in [0.2, 0.25) is 15.9 Å². The van der Waals surface area contributed by atoms with E-state index in [0.29, 0.717) is 42.5 Å². The Bertz CT molecular complexity index is 1130. The molecule has 10 heteroatoms. The highest BCUT2D eigenvalue weighted by Crippen LogP contribution is 2.28. The van der Waals surface area contributed by atoms with Crippen LogP contribution in [0, 0.1) is 11.3 Å². The number of carbonyl (C=O) groups is 1. The van der Waals surface area contributed by atoms with Crippen LogP contribution in [0.25, 0.3) is 10.8 Å². The van der Waals surface area contributed by atoms with E-state index in [9.17, 15) is 13.2 Å². The van der Waals surface area contributed by atoms with Gasteiger partial charge in [-0.15, -0.1) is 12.4 Å². The van der Waals surface area contributed by atoms with Crippen molar-refractivity contribution in [3.63, 3.8) is 0 Å². The third-order valence-corrected chi connectivity index (χ3v) is 8.52. The van der Waals surface area contributed by atoms with Gasteiger partial charge in [-0.2, -0.15) is 4.31 Å². The maximum absolute atomic E-state index is 13.2. The van der Waals surface area contributed by atoms with E-state index >= 15 is 0 Å². The van der Waals surface area contributed by atoms with E-state index in [1.807, 2.05) is 4.90 Å². The molecule has 0 spiro atoms. The largest absolute Gasteiger partial charge is 0.372 e. The maximum Gasteiger partial charge on any atom is 0.243 e. The summed E-state index contributed by atoms with van der Waals surface area (Å²) in [4.78, 5) is 14.8. The summed E-state index contributed by atoms with van der Waals surface area (Å²) in [7, 11) is -3.75. The Morgan fingerprint density at radius 1 is 1.09 bits per heavy atom. The number of amides is 1. The second kappa shape index (κ2) is 10.6. The minimum Gasteiger partial charge on any atom is -0.372 e. The molecule has 2 aromatic carbocycles. The van der Waals surface area contributed by atoms with Crippen molar-refractivity contribution in [2.45, 2.75) is 43.5 Å². The van der Waals surface area contributed by atoms with Gasteiger partial charge in [-0.1, -0.05) is 23.7 Å². The molecule has 0 aromatic heterocycles. The van der Waals surface area contributed by atoms with Crippen LogP contribution >= 0.6 is 24.0 Å². The van der Waals surface area contributed by atoms with Crippen molar-refractivity contribution in [1.29, 1.82) is 5.41 Å². The van der Waals surface area contributed by atoms with Crippen molar-refractivity contribution in [2.24, 2.45) is 5.92 Å². The molecular formula is C23H30Cl2N4O3S. The average molecular weight is 513 g/mol. The van der Waals surface area contributed by atoms with Gasteiger partial charge in [0, 0.05) is 30.7 Å². The highest BCUT2D eigenvalue weighted by atomic mass is 35.5. The summed E-state index contributed by atoms with van der Waals surface area (Å²) in [6.45, 7) is 3.03. The van der Waals surface area contributed by atoms with E-state index in [0.717, 1.165) is 36.5 Å². The summed E-state index contributed by atoms with van der Waals surface area (Å²) >= 11 is 6.02. The standard InChI is InChI=1S/C23H29ClN4O3S.ClH/c1-16(25)26-21-7-2-17(3-8-21)14-27-10-11-28(15-23(27)29)32(30,31)22-9-5-18-12-20(24)6-4-19(18)13-22;/h4-6,9,12-13,17,21H,2-3,7-8,10-11,14-15H2,1H3,(H2,25,26);1H. The lowest BCUT2D eigenvalue weighted by molar-refractivity contribution is -0.134. The summed E-state index contributed by atoms with van der Waals surface area (Å²) in [5, 5.41) is 13.0. The van der Waals surface area contributed by atoms with E-state index in [4.69, 9.17) is 17.0 Å². The number of nitrogens with zero attached hydrogens (tertiary/aromatic N) is 2. The summed E-state index contributed by atoms with van der Waals surface area (Å²) in [5.41, 5.74) is 0. The van der Waals surface area contributed by atoms with E-state index in [1.165, 1.54) is 4.31 Å². The molecule has 1 heterocycles. The molecule has 1 saturated heterocycles. The molecule has 0 radical (unpaired) electrons. The Morgan fingerprint density at radius 3 is 2.42 bits per heavy atom. The average Bonchev–Trinajstić information content (AvgIpc) is 2.75. The summed E-state index contributed by atoms with van der Waals surface area (Å²) < 4.78 is 27.6. The molecule has 7 nitrogen and oxygen atoms in total. The van der Waals surface area contributed by atoms with E-state index in [2.05, 4.69) is 5.32 Å². The number of hydrogen-bond donors (Lipinski definition) is 2. The summed E-state index contributed by atoms with van der Waals surface area (Å²) in [6.07, 6.45) is 4.02. The summed E-state index contributed by atoms with van der Waals surface area (Å²) in [6, 6.07) is 10.6. The third kappa shape index (κ3) is 5.98. The molecule has 180 valence electrons. The molecule has 0 bridgehead atoms. The minimum absolute atomic E-state index is 0. The number of benzene rings is 2. The fourth-order valence-electron chi connectivity index (χ4n) is 4.70. The zero-order chi connectivity index (χ0) is 22.9. The predicted octanol–water partition coefficient (Wildman–Crippen LogP) is 3.89. The fourth-order valence-corrected chi connectivity index (χ4v) is 6.29. The number of carbonyl (C=O) groups excluding carboxylic acids is 1. The Kier molecular flexibility index (Phi) is 8.26. The van der Waals surface area contributed by atoms with Crippen LogP contribution in [-0.4, -0.2) is 61.6 Å². The number of hydrogen-bond acceptors (Lipinski definition) is 4. The van der Waals surface area contributed by atoms with Crippen LogP contribution in [0.5, 0.6) is 0 Å². The van der Waals surface area contributed by atoms with Crippen LogP contribution < -0.4 is 5.32 Å². The quantitative estimate of drug-likeness (QED) is 0.469. The van der Waals surface area contributed by atoms with Crippen molar-refractivity contribution < 1.29 is 13.2 Å². The third-order valence-electron chi connectivity index (χ3n) is 6.44. The van der Waals surface area contributed by atoms with E-state index in [-0.39, 0.29) is 29.8 Å². The molecule has 33 heavy (non-hydrogen) atoms. The van der Waals surface area contributed by atoms with Gasteiger partial charge in [-0.05, 0) is 73.6 Å². The lowest BCUT2D eigenvalue weighted by atomic mass is 9.85. The molecule has 1 amide bonds. The Hall–Kier alpha value is -1.87. The number of piperazine rings is 1. The Morgan fingerprint density at radius 2 is 1.76 bits per heavy atom. The van der Waals surface area contributed by atoms with Gasteiger partial charge in [-0.3, -0.25) is 10.2 Å². The highest BCUT2D eigenvalue weighted by Gasteiger charge is 2.34. The van der Waals surface area contributed by atoms with Crippen molar-refractivity contribution in [2.75, 3.05) is 26.2 Å². The molecule has 1 aliphatic carbocycles. The number of halogens is 2. The van der Waals surface area contributed by atoms with Crippen LogP contribution in [0.3, 0.4) is 0 Å².